The van der Waals surface area contributed by atoms with Crippen LogP contribution in [0, 0.1) is 0 Å². The van der Waals surface area contributed by atoms with Crippen molar-refractivity contribution in [3.8, 4) is 23.0 Å². The first-order chi connectivity index (χ1) is 32.8. The van der Waals surface area contributed by atoms with Gasteiger partial charge in [-0.25, -0.2) is 0 Å². The number of rotatable bonds is 20. The maximum atomic E-state index is 6.98. The molecule has 2 atom stereocenters. The largest absolute Gasteiger partial charge is 0.493 e. The zero-order valence-corrected chi connectivity index (χ0v) is 45.2. The molecule has 0 fully saturated rings. The van der Waals surface area contributed by atoms with Crippen LogP contribution in [0.15, 0.2) is 121 Å². The van der Waals surface area contributed by atoms with Crippen LogP contribution in [0.25, 0.3) is 0 Å². The third-order valence-corrected chi connectivity index (χ3v) is 21.1. The molecule has 360 valence electrons. The van der Waals surface area contributed by atoms with Crippen molar-refractivity contribution in [2.75, 3.05) is 26.4 Å². The first-order valence-electron chi connectivity index (χ1n) is 26.0. The van der Waals surface area contributed by atoms with Crippen molar-refractivity contribution in [1.29, 1.82) is 0 Å². The average Bonchev–Trinajstić information content (AvgIpc) is 3.33. The summed E-state index contributed by atoms with van der Waals surface area (Å²) < 4.78 is 27.9. The summed E-state index contributed by atoms with van der Waals surface area (Å²) in [6.45, 7) is 26.5. The first-order valence-corrected chi connectivity index (χ1v) is 32.4. The zero-order valence-electron chi connectivity index (χ0n) is 43.2. The van der Waals surface area contributed by atoms with Crippen molar-refractivity contribution in [3.63, 3.8) is 0 Å². The van der Waals surface area contributed by atoms with E-state index in [0.717, 1.165) is 60.8 Å². The van der Waals surface area contributed by atoms with Crippen LogP contribution in [-0.2, 0) is 25.7 Å². The fraction of sp³-hybridized carbons (Fsp3) is 0.419. The van der Waals surface area contributed by atoms with Gasteiger partial charge < -0.3 is 18.9 Å². The molecule has 68 heavy (non-hydrogen) atoms. The quantitative estimate of drug-likeness (QED) is 0.0714. The van der Waals surface area contributed by atoms with Gasteiger partial charge >= 0.3 is 0 Å². The van der Waals surface area contributed by atoms with E-state index in [1.54, 1.807) is 0 Å². The van der Waals surface area contributed by atoms with Crippen molar-refractivity contribution in [1.82, 2.24) is 0 Å². The molecular weight excluding hydrogens is 865 g/mol. The molecule has 7 rings (SSSR count). The average molecular weight is 945 g/mol. The molecule has 0 N–H and O–H groups in total. The first kappa shape index (κ1) is 50.8. The summed E-state index contributed by atoms with van der Waals surface area (Å²) in [6, 6.07) is 48.2. The molecule has 0 saturated heterocycles. The van der Waals surface area contributed by atoms with E-state index in [4.69, 9.17) is 18.9 Å². The highest BCUT2D eigenvalue weighted by Gasteiger charge is 2.32. The molecule has 0 saturated carbocycles. The van der Waals surface area contributed by atoms with Gasteiger partial charge in [-0.2, -0.15) is 0 Å². The van der Waals surface area contributed by atoms with Crippen LogP contribution < -0.4 is 29.3 Å². The Bertz CT molecular complexity index is 2300. The van der Waals surface area contributed by atoms with Crippen molar-refractivity contribution >= 4 is 26.5 Å². The van der Waals surface area contributed by atoms with Gasteiger partial charge in [0.25, 0.3) is 0 Å². The predicted octanol–water partition coefficient (Wildman–Crippen LogP) is 15.0. The highest BCUT2D eigenvalue weighted by Crippen LogP contribution is 2.40. The Morgan fingerprint density at radius 1 is 0.368 bits per heavy atom. The molecule has 0 aromatic heterocycles. The van der Waals surface area contributed by atoms with Gasteiger partial charge in [-0.1, -0.05) is 199 Å². The molecule has 6 aromatic carbocycles. The van der Waals surface area contributed by atoms with E-state index in [0.29, 0.717) is 63.9 Å². The Balaban J connectivity index is 1.47. The smallest absolute Gasteiger partial charge is 0.126 e. The van der Waals surface area contributed by atoms with E-state index in [9.17, 15) is 0 Å². The van der Waals surface area contributed by atoms with Gasteiger partial charge in [-0.15, -0.1) is 0 Å². The summed E-state index contributed by atoms with van der Waals surface area (Å²) in [6.07, 6.45) is 6.59. The van der Waals surface area contributed by atoms with Crippen LogP contribution in [-0.4, -0.2) is 42.6 Å². The topological polar surface area (TPSA) is 36.9 Å². The third-order valence-electron chi connectivity index (χ3n) is 14.1. The van der Waals surface area contributed by atoms with E-state index < -0.39 is 16.1 Å². The second-order valence-corrected chi connectivity index (χ2v) is 30.5. The predicted molar refractivity (Wildman–Crippen MR) is 294 cm³/mol. The lowest BCUT2D eigenvalue weighted by molar-refractivity contribution is 0.304. The minimum atomic E-state index is -2.01. The summed E-state index contributed by atoms with van der Waals surface area (Å²) in [5.41, 5.74) is 12.6. The Hall–Kier alpha value is -5.05. The van der Waals surface area contributed by atoms with E-state index in [1.165, 1.54) is 66.0 Å². The Labute approximate surface area is 412 Å². The molecule has 1 aliphatic carbocycles. The van der Waals surface area contributed by atoms with E-state index in [-0.39, 0.29) is 0 Å². The molecule has 8 bridgehead atoms. The number of fused-ring (bicyclic) bond motifs is 8. The summed E-state index contributed by atoms with van der Waals surface area (Å²) in [4.78, 5) is 0. The number of ether oxygens (including phenoxy) is 4. The van der Waals surface area contributed by atoms with Crippen molar-refractivity contribution < 1.29 is 18.9 Å². The van der Waals surface area contributed by atoms with Crippen LogP contribution in [0.1, 0.15) is 135 Å². The molecule has 0 amide bonds. The lowest BCUT2D eigenvalue weighted by Gasteiger charge is -2.30. The third kappa shape index (κ3) is 12.4. The summed E-state index contributed by atoms with van der Waals surface area (Å²) >= 11 is 0. The fourth-order valence-corrected chi connectivity index (χ4v) is 16.9. The highest BCUT2D eigenvalue weighted by atomic mass is 28.3. The van der Waals surface area contributed by atoms with Crippen LogP contribution in [0.5, 0.6) is 23.0 Å². The SMILES string of the molecule is CCCOc1c2cccc1Cc1cc([Si](C)(C)CC(C)c3ccccc3)cc(c1OCCC)Cc1cccc(c1OCCC)Cc1cc([Si](C)(C)CC(C)c3ccccc3)cc(c1OCCC)C2. The van der Waals surface area contributed by atoms with Crippen LogP contribution in [0.3, 0.4) is 0 Å². The van der Waals surface area contributed by atoms with Crippen molar-refractivity contribution in [3.05, 3.63) is 177 Å². The molecule has 6 heteroatoms. The Morgan fingerprint density at radius 2 is 0.632 bits per heavy atom. The molecule has 6 aromatic rings. The molecule has 0 aliphatic heterocycles. The highest BCUT2D eigenvalue weighted by molar-refractivity contribution is 6.90. The van der Waals surface area contributed by atoms with Crippen LogP contribution in [0.4, 0.5) is 0 Å². The maximum absolute atomic E-state index is 6.98. The lowest BCUT2D eigenvalue weighted by atomic mass is 9.91. The lowest BCUT2D eigenvalue weighted by Crippen LogP contribution is -2.43. The molecule has 4 nitrogen and oxygen atoms in total. The minimum absolute atomic E-state index is 0.451. The van der Waals surface area contributed by atoms with Crippen molar-refractivity contribution in [2.45, 2.75) is 143 Å². The second kappa shape index (κ2) is 23.5. The van der Waals surface area contributed by atoms with E-state index in [1.807, 2.05) is 0 Å². The standard InChI is InChI=1S/C62H80O4Si2/c1-11-31-63-59-49-27-21-28-50(59)36-54-40-58(68(9,10)44-46(6)48-25-19-16-20-26-48)42-56(62(54)66-34-14-4)38-52-30-22-29-51(60(52)64-32-12-2)37-55-41-57(39-53(35-49)61(55)65-33-13-3)67(7,8)43-45(5)47-23-17-15-18-24-47/h15-30,39-42,45-46H,11-14,31-38,43-44H2,1-10H3. The maximum Gasteiger partial charge on any atom is 0.126 e. The van der Waals surface area contributed by atoms with Crippen LogP contribution >= 0.6 is 0 Å². The second-order valence-electron chi connectivity index (χ2n) is 21.0. The minimum Gasteiger partial charge on any atom is -0.493 e. The van der Waals surface area contributed by atoms with E-state index in [2.05, 4.69) is 189 Å². The number of hydrogen-bond acceptors (Lipinski definition) is 4. The van der Waals surface area contributed by atoms with Gasteiger partial charge in [0, 0.05) is 25.7 Å². The van der Waals surface area contributed by atoms with Gasteiger partial charge in [0.2, 0.25) is 0 Å². The number of benzene rings is 6. The summed E-state index contributed by atoms with van der Waals surface area (Å²) in [5, 5.41) is 2.95. The normalized spacial score (nSPS) is 13.7. The molecule has 0 heterocycles. The number of para-hydroxylation sites is 2. The molecule has 0 spiro atoms. The van der Waals surface area contributed by atoms with Gasteiger partial charge in [-0.3, -0.25) is 0 Å². The van der Waals surface area contributed by atoms with Crippen molar-refractivity contribution in [2.24, 2.45) is 0 Å². The fourth-order valence-electron chi connectivity index (χ4n) is 10.6. The zero-order chi connectivity index (χ0) is 48.3. The Kier molecular flexibility index (Phi) is 17.6. The van der Waals surface area contributed by atoms with Gasteiger partial charge in [0.05, 0.1) is 42.6 Å². The summed E-state index contributed by atoms with van der Waals surface area (Å²) in [7, 11) is -4.03. The van der Waals surface area contributed by atoms with Crippen LogP contribution in [0.2, 0.25) is 38.3 Å². The molecule has 1 aliphatic rings. The summed E-state index contributed by atoms with van der Waals surface area (Å²) in [5.74, 6) is 4.95. The Morgan fingerprint density at radius 3 is 0.897 bits per heavy atom. The van der Waals surface area contributed by atoms with Gasteiger partial charge in [0.15, 0.2) is 0 Å². The molecular formula is C62H80O4Si2. The number of hydrogen-bond donors (Lipinski definition) is 0. The molecule has 0 radical (unpaired) electrons. The molecule has 2 unspecified atom stereocenters. The van der Waals surface area contributed by atoms with E-state index >= 15 is 0 Å². The monoisotopic (exact) mass is 945 g/mol. The van der Waals surface area contributed by atoms with Gasteiger partial charge in [0.1, 0.15) is 23.0 Å². The van der Waals surface area contributed by atoms with Gasteiger partial charge in [-0.05, 0) is 105 Å².